The first kappa shape index (κ1) is 10.5. The minimum atomic E-state index is -3.95. The van der Waals surface area contributed by atoms with Gasteiger partial charge >= 0.3 is 86.3 Å². The van der Waals surface area contributed by atoms with Gasteiger partial charge in [0.05, 0.1) is 0 Å². The van der Waals surface area contributed by atoms with Crippen molar-refractivity contribution in [1.82, 2.24) is 9.97 Å². The molecule has 0 aliphatic heterocycles. The van der Waals surface area contributed by atoms with Gasteiger partial charge in [-0.05, 0) is 0 Å². The number of aryl methyl sites for hydroxylation is 1. The number of rotatable bonds is 3. The van der Waals surface area contributed by atoms with Crippen LogP contribution in [0.2, 0.25) is 0 Å². The van der Waals surface area contributed by atoms with Crippen LogP contribution >= 0.6 is 7.94 Å². The Bertz CT molecular complexity index is 431. The summed E-state index contributed by atoms with van der Waals surface area (Å²) in [5.74, 6) is 0.658. The van der Waals surface area contributed by atoms with Gasteiger partial charge in [0, 0.05) is 0 Å². The molecule has 0 atom stereocenters. The summed E-state index contributed by atoms with van der Waals surface area (Å²) in [4.78, 5) is 33.9. The number of imidazole rings is 1. The molecule has 5 nitrogen and oxygen atoms in total. The van der Waals surface area contributed by atoms with Gasteiger partial charge in [-0.25, -0.2) is 0 Å². The van der Waals surface area contributed by atoms with Crippen molar-refractivity contribution in [3.63, 3.8) is 0 Å². The van der Waals surface area contributed by atoms with Crippen LogP contribution in [0, 0.1) is 0 Å². The van der Waals surface area contributed by atoms with Gasteiger partial charge in [0.25, 0.3) is 0 Å². The van der Waals surface area contributed by atoms with E-state index in [9.17, 15) is 0 Å². The summed E-state index contributed by atoms with van der Waals surface area (Å²) in [5.41, 5.74) is 1.75. The van der Waals surface area contributed by atoms with E-state index in [4.69, 9.17) is 14.7 Å². The predicted molar refractivity (Wildman–Crippen MR) is 59.6 cm³/mol. The van der Waals surface area contributed by atoms with Crippen molar-refractivity contribution in [1.29, 1.82) is 0 Å². The number of benzene rings is 1. The molecule has 0 radical (unpaired) electrons. The molecule has 0 aliphatic carbocycles. The molecule has 0 spiro atoms. The Morgan fingerprint density at radius 3 is 2.60 bits per heavy atom. The molecule has 6 heteroatoms. The van der Waals surface area contributed by atoms with E-state index >= 15 is 0 Å². The molecular formula is C9H13N2O3P. The van der Waals surface area contributed by atoms with E-state index < -0.39 is 7.94 Å². The van der Waals surface area contributed by atoms with Crippen molar-refractivity contribution in [3.8, 4) is 0 Å². The maximum atomic E-state index is 8.86. The molecule has 2 aromatic rings. The quantitative estimate of drug-likeness (QED) is 0.578. The number of nitrogens with one attached hydrogen (secondary N) is 1. The number of H-pyrrole nitrogens is 1. The Balaban J connectivity index is 2.16. The molecule has 0 aliphatic rings. The van der Waals surface area contributed by atoms with Crippen molar-refractivity contribution in [2.24, 2.45) is 0 Å². The van der Waals surface area contributed by atoms with Crippen LogP contribution in [0.4, 0.5) is 0 Å². The minimum absolute atomic E-state index is 0.0349. The third-order valence-corrected chi connectivity index (χ3v) is 3.06. The Kier molecular flexibility index (Phi) is 2.71. The van der Waals surface area contributed by atoms with Gasteiger partial charge in [0.15, 0.2) is 0 Å². The van der Waals surface area contributed by atoms with Crippen LogP contribution in [-0.4, -0.2) is 30.8 Å². The molecule has 15 heavy (non-hydrogen) atoms. The van der Waals surface area contributed by atoms with Crippen LogP contribution in [0.1, 0.15) is 5.82 Å². The molecule has 82 valence electrons. The molecule has 0 amide bonds. The van der Waals surface area contributed by atoms with Gasteiger partial charge in [0.2, 0.25) is 0 Å². The average Bonchev–Trinajstić information content (AvgIpc) is 2.56. The normalized spacial score (nSPS) is 13.3. The van der Waals surface area contributed by atoms with E-state index in [1.54, 1.807) is 0 Å². The summed E-state index contributed by atoms with van der Waals surface area (Å²) in [6.45, 7) is 0. The zero-order valence-corrected chi connectivity index (χ0v) is 9.01. The fourth-order valence-corrected chi connectivity index (χ4v) is 1.98. The van der Waals surface area contributed by atoms with Crippen LogP contribution in [0.25, 0.3) is 11.0 Å². The number of aromatic nitrogens is 2. The van der Waals surface area contributed by atoms with Gasteiger partial charge in [0.1, 0.15) is 0 Å². The van der Waals surface area contributed by atoms with Gasteiger partial charge in [-0.2, -0.15) is 0 Å². The van der Waals surface area contributed by atoms with Gasteiger partial charge < -0.3 is 0 Å². The standard InChI is InChI=1S/C9H13N2O3P/c12-15(13,14)6-5-9-10-7-3-1-2-4-8(7)11-9/h1-4,12-15H,5-6H2,(H,10,11). The summed E-state index contributed by atoms with van der Waals surface area (Å²) in [6, 6.07) is 7.55. The number of nitrogens with zero attached hydrogens (tertiary/aromatic N) is 1. The van der Waals surface area contributed by atoms with Crippen LogP contribution in [0.3, 0.4) is 0 Å². The van der Waals surface area contributed by atoms with Crippen LogP contribution < -0.4 is 0 Å². The number of fused-ring (bicyclic) bond motifs is 1. The van der Waals surface area contributed by atoms with Crippen LogP contribution in [0.5, 0.6) is 0 Å². The Morgan fingerprint density at radius 2 is 1.93 bits per heavy atom. The third kappa shape index (κ3) is 2.73. The maximum absolute atomic E-state index is 8.86. The topological polar surface area (TPSA) is 89.4 Å². The second-order valence-electron chi connectivity index (χ2n) is 3.47. The van der Waals surface area contributed by atoms with Gasteiger partial charge in [-0.3, -0.25) is 0 Å². The van der Waals surface area contributed by atoms with Crippen molar-refractivity contribution in [3.05, 3.63) is 30.1 Å². The van der Waals surface area contributed by atoms with Crippen molar-refractivity contribution in [2.75, 3.05) is 6.16 Å². The zero-order chi connectivity index (χ0) is 10.9. The summed E-state index contributed by atoms with van der Waals surface area (Å²) >= 11 is 0. The number of para-hydroxylation sites is 2. The molecular weight excluding hydrogens is 215 g/mol. The van der Waals surface area contributed by atoms with Gasteiger partial charge in [-0.15, -0.1) is 0 Å². The first-order valence-electron chi connectivity index (χ1n) is 4.65. The monoisotopic (exact) mass is 228 g/mol. The summed E-state index contributed by atoms with van der Waals surface area (Å²) < 4.78 is 0. The SMILES string of the molecule is O[PH](O)(O)CCc1nc2ccccc2[nH]1. The summed E-state index contributed by atoms with van der Waals surface area (Å²) in [5, 5.41) is 0. The molecule has 2 rings (SSSR count). The molecule has 0 bridgehead atoms. The average molecular weight is 228 g/mol. The van der Waals surface area contributed by atoms with E-state index in [0.717, 1.165) is 11.0 Å². The fraction of sp³-hybridized carbons (Fsp3) is 0.222. The molecule has 0 unspecified atom stereocenters. The van der Waals surface area contributed by atoms with Crippen LogP contribution in [-0.2, 0) is 6.42 Å². The molecule has 0 saturated carbocycles. The first-order valence-corrected chi connectivity index (χ1v) is 6.70. The second kappa shape index (κ2) is 3.87. The fourth-order valence-electron chi connectivity index (χ4n) is 1.41. The van der Waals surface area contributed by atoms with E-state index in [-0.39, 0.29) is 6.16 Å². The van der Waals surface area contributed by atoms with Crippen molar-refractivity contribution < 1.29 is 14.7 Å². The summed E-state index contributed by atoms with van der Waals surface area (Å²) in [6.07, 6.45) is 0.303. The number of hydrogen-bond donors (Lipinski definition) is 4. The Labute approximate surface area is 87.0 Å². The van der Waals surface area contributed by atoms with E-state index in [2.05, 4.69) is 9.97 Å². The molecule has 0 saturated heterocycles. The van der Waals surface area contributed by atoms with Crippen LogP contribution in [0.15, 0.2) is 24.3 Å². The van der Waals surface area contributed by atoms with E-state index in [1.165, 1.54) is 0 Å². The van der Waals surface area contributed by atoms with Crippen molar-refractivity contribution >= 4 is 19.0 Å². The first-order chi connectivity index (χ1) is 7.04. The molecule has 4 N–H and O–H groups in total. The van der Waals surface area contributed by atoms with Crippen molar-refractivity contribution in [2.45, 2.75) is 6.42 Å². The molecule has 1 aromatic heterocycles. The Hall–Kier alpha value is -1.00. The van der Waals surface area contributed by atoms with E-state index in [0.29, 0.717) is 12.2 Å². The molecule has 1 aromatic carbocycles. The number of hydrogen-bond acceptors (Lipinski definition) is 4. The predicted octanol–water partition coefficient (Wildman–Crippen LogP) is 0.577. The summed E-state index contributed by atoms with van der Waals surface area (Å²) in [7, 11) is -3.95. The third-order valence-electron chi connectivity index (χ3n) is 2.14. The molecule has 0 fully saturated rings. The molecule has 1 heterocycles. The zero-order valence-electron chi connectivity index (χ0n) is 8.01. The second-order valence-corrected chi connectivity index (χ2v) is 5.52. The van der Waals surface area contributed by atoms with Gasteiger partial charge in [-0.1, -0.05) is 0 Å². The Morgan fingerprint density at radius 1 is 1.20 bits per heavy atom. The number of aromatic amines is 1. The van der Waals surface area contributed by atoms with E-state index in [1.807, 2.05) is 24.3 Å².